The van der Waals surface area contributed by atoms with Crippen LogP contribution in [0.1, 0.15) is 26.2 Å². The Hall–Kier alpha value is -1.18. The van der Waals surface area contributed by atoms with Crippen LogP contribution in [-0.4, -0.2) is 19.9 Å². The maximum Gasteiger partial charge on any atom is 0.270 e. The van der Waals surface area contributed by atoms with Crippen molar-refractivity contribution in [2.45, 2.75) is 31.1 Å². The van der Waals surface area contributed by atoms with Gasteiger partial charge in [-0.25, -0.2) is 13.1 Å². The monoisotopic (exact) mass is 306 g/mol. The first-order valence-electron chi connectivity index (χ1n) is 5.82. The van der Waals surface area contributed by atoms with E-state index in [9.17, 15) is 18.5 Å². The SMILES string of the molecule is CCCCCNS(=O)(=O)c1cc([N+](=O)[O-])ccc1Cl. The summed E-state index contributed by atoms with van der Waals surface area (Å²) in [5, 5.41) is 10.6. The first-order chi connectivity index (χ1) is 8.88. The summed E-state index contributed by atoms with van der Waals surface area (Å²) in [5.74, 6) is 0. The Morgan fingerprint density at radius 1 is 1.37 bits per heavy atom. The van der Waals surface area contributed by atoms with Crippen molar-refractivity contribution < 1.29 is 13.3 Å². The highest BCUT2D eigenvalue weighted by Crippen LogP contribution is 2.25. The quantitative estimate of drug-likeness (QED) is 0.476. The molecule has 1 aromatic carbocycles. The van der Waals surface area contributed by atoms with Gasteiger partial charge >= 0.3 is 0 Å². The van der Waals surface area contributed by atoms with Crippen LogP contribution in [0.5, 0.6) is 0 Å². The Labute approximate surface area is 117 Å². The third-order valence-corrected chi connectivity index (χ3v) is 4.43. The fourth-order valence-electron chi connectivity index (χ4n) is 1.47. The van der Waals surface area contributed by atoms with E-state index in [4.69, 9.17) is 11.6 Å². The van der Waals surface area contributed by atoms with Crippen LogP contribution in [0.3, 0.4) is 0 Å². The van der Waals surface area contributed by atoms with Gasteiger partial charge in [0.05, 0.1) is 9.95 Å². The van der Waals surface area contributed by atoms with Crippen LogP contribution in [0.25, 0.3) is 0 Å². The highest BCUT2D eigenvalue weighted by molar-refractivity contribution is 7.89. The number of halogens is 1. The number of nitrogens with zero attached hydrogens (tertiary/aromatic N) is 1. The van der Waals surface area contributed by atoms with Gasteiger partial charge in [-0.3, -0.25) is 10.1 Å². The molecule has 6 nitrogen and oxygen atoms in total. The van der Waals surface area contributed by atoms with Crippen LogP contribution in [0, 0.1) is 10.1 Å². The Bertz CT molecular complexity index is 560. The summed E-state index contributed by atoms with van der Waals surface area (Å²) in [6.07, 6.45) is 2.59. The second-order valence-corrected chi connectivity index (χ2v) is 6.12. The average molecular weight is 307 g/mol. The molecule has 1 N–H and O–H groups in total. The molecule has 0 aliphatic heterocycles. The fraction of sp³-hybridized carbons (Fsp3) is 0.455. The third-order valence-electron chi connectivity index (χ3n) is 2.49. The summed E-state index contributed by atoms with van der Waals surface area (Å²) in [5.41, 5.74) is -0.307. The van der Waals surface area contributed by atoms with Gasteiger partial charge in [0.15, 0.2) is 0 Å². The summed E-state index contributed by atoms with van der Waals surface area (Å²) in [6.45, 7) is 2.29. The molecule has 0 unspecified atom stereocenters. The maximum absolute atomic E-state index is 12.0. The number of nitrogens with one attached hydrogen (secondary N) is 1. The first kappa shape index (κ1) is 15.9. The molecule has 1 rings (SSSR count). The van der Waals surface area contributed by atoms with Gasteiger partial charge in [-0.15, -0.1) is 0 Å². The molecule has 0 atom stereocenters. The van der Waals surface area contributed by atoms with E-state index in [2.05, 4.69) is 4.72 Å². The molecule has 19 heavy (non-hydrogen) atoms. The molecule has 0 saturated heterocycles. The minimum atomic E-state index is -3.81. The molecular weight excluding hydrogens is 292 g/mol. The molecule has 0 amide bonds. The van der Waals surface area contributed by atoms with Gasteiger partial charge in [0, 0.05) is 18.7 Å². The maximum atomic E-state index is 12.0. The number of non-ortho nitro benzene ring substituents is 1. The summed E-state index contributed by atoms with van der Waals surface area (Å²) >= 11 is 5.78. The topological polar surface area (TPSA) is 89.3 Å². The first-order valence-corrected chi connectivity index (χ1v) is 7.68. The molecule has 0 fully saturated rings. The van der Waals surface area contributed by atoms with E-state index >= 15 is 0 Å². The van der Waals surface area contributed by atoms with E-state index in [-0.39, 0.29) is 22.2 Å². The molecule has 0 spiro atoms. The highest BCUT2D eigenvalue weighted by Gasteiger charge is 2.20. The van der Waals surface area contributed by atoms with Gasteiger partial charge in [-0.05, 0) is 12.5 Å². The van der Waals surface area contributed by atoms with Crippen LogP contribution in [-0.2, 0) is 10.0 Å². The average Bonchev–Trinajstić information content (AvgIpc) is 2.34. The van der Waals surface area contributed by atoms with E-state index in [0.29, 0.717) is 6.42 Å². The second kappa shape index (κ2) is 6.83. The van der Waals surface area contributed by atoms with Crippen molar-refractivity contribution in [2.75, 3.05) is 6.54 Å². The molecule has 0 radical (unpaired) electrons. The molecule has 8 heteroatoms. The largest absolute Gasteiger partial charge is 0.270 e. The van der Waals surface area contributed by atoms with Crippen molar-refractivity contribution in [3.63, 3.8) is 0 Å². The number of sulfonamides is 1. The molecule has 1 aromatic rings. The second-order valence-electron chi connectivity index (χ2n) is 3.98. The van der Waals surface area contributed by atoms with E-state index in [0.717, 1.165) is 18.9 Å². The number of hydrogen-bond donors (Lipinski definition) is 1. The lowest BCUT2D eigenvalue weighted by Crippen LogP contribution is -2.25. The van der Waals surface area contributed by atoms with Crippen LogP contribution < -0.4 is 4.72 Å². The van der Waals surface area contributed by atoms with E-state index < -0.39 is 14.9 Å². The summed E-state index contributed by atoms with van der Waals surface area (Å²) < 4.78 is 26.3. The Balaban J connectivity index is 2.94. The Kier molecular flexibility index (Phi) is 5.71. The smallest absolute Gasteiger partial charge is 0.258 e. The van der Waals surface area contributed by atoms with Gasteiger partial charge in [0.1, 0.15) is 4.90 Å². The molecule has 0 bridgehead atoms. The molecule has 0 aromatic heterocycles. The predicted octanol–water partition coefficient (Wildman–Crippen LogP) is 2.72. The Morgan fingerprint density at radius 3 is 2.63 bits per heavy atom. The lowest BCUT2D eigenvalue weighted by Gasteiger charge is -2.07. The Morgan fingerprint density at radius 2 is 2.05 bits per heavy atom. The predicted molar refractivity (Wildman–Crippen MR) is 72.8 cm³/mol. The summed E-state index contributed by atoms with van der Waals surface area (Å²) in [6, 6.07) is 3.34. The van der Waals surface area contributed by atoms with Crippen molar-refractivity contribution in [3.05, 3.63) is 33.3 Å². The third kappa shape index (κ3) is 4.45. The standard InChI is InChI=1S/C11H15ClN2O4S/c1-2-3-4-7-13-19(17,18)11-8-9(14(15)16)5-6-10(11)12/h5-6,8,13H,2-4,7H2,1H3. The zero-order valence-electron chi connectivity index (χ0n) is 10.4. The summed E-state index contributed by atoms with van der Waals surface area (Å²) in [7, 11) is -3.81. The molecule has 0 saturated carbocycles. The van der Waals surface area contributed by atoms with Crippen molar-refractivity contribution in [1.82, 2.24) is 4.72 Å². The van der Waals surface area contributed by atoms with Crippen LogP contribution in [0.4, 0.5) is 5.69 Å². The van der Waals surface area contributed by atoms with Crippen molar-refractivity contribution >= 4 is 27.3 Å². The van der Waals surface area contributed by atoms with Crippen molar-refractivity contribution in [1.29, 1.82) is 0 Å². The normalized spacial score (nSPS) is 11.5. The van der Waals surface area contributed by atoms with E-state index in [1.54, 1.807) is 0 Å². The molecule has 0 aliphatic carbocycles. The lowest BCUT2D eigenvalue weighted by molar-refractivity contribution is -0.385. The van der Waals surface area contributed by atoms with Gasteiger partial charge in [-0.1, -0.05) is 31.4 Å². The van der Waals surface area contributed by atoms with E-state index in [1.807, 2.05) is 6.92 Å². The van der Waals surface area contributed by atoms with Gasteiger partial charge in [0.25, 0.3) is 5.69 Å². The van der Waals surface area contributed by atoms with Crippen molar-refractivity contribution in [2.24, 2.45) is 0 Å². The zero-order valence-corrected chi connectivity index (χ0v) is 12.0. The number of nitro benzene ring substituents is 1. The van der Waals surface area contributed by atoms with Crippen LogP contribution in [0.2, 0.25) is 5.02 Å². The lowest BCUT2D eigenvalue weighted by atomic mass is 10.3. The number of nitro groups is 1. The number of unbranched alkanes of at least 4 members (excludes halogenated alkanes) is 2. The fourth-order valence-corrected chi connectivity index (χ4v) is 3.06. The van der Waals surface area contributed by atoms with Gasteiger partial charge in [0.2, 0.25) is 10.0 Å². The molecular formula is C11H15ClN2O4S. The minimum absolute atomic E-state index is 0.0337. The molecule has 0 heterocycles. The van der Waals surface area contributed by atoms with Crippen LogP contribution in [0.15, 0.2) is 23.1 Å². The molecule has 106 valence electrons. The zero-order chi connectivity index (χ0) is 14.5. The van der Waals surface area contributed by atoms with Gasteiger partial charge in [-0.2, -0.15) is 0 Å². The number of benzene rings is 1. The van der Waals surface area contributed by atoms with E-state index in [1.165, 1.54) is 12.1 Å². The van der Waals surface area contributed by atoms with Crippen LogP contribution >= 0.6 is 11.6 Å². The number of rotatable bonds is 7. The van der Waals surface area contributed by atoms with Crippen molar-refractivity contribution in [3.8, 4) is 0 Å². The molecule has 0 aliphatic rings. The minimum Gasteiger partial charge on any atom is -0.258 e. The van der Waals surface area contributed by atoms with Gasteiger partial charge < -0.3 is 0 Å². The summed E-state index contributed by atoms with van der Waals surface area (Å²) in [4.78, 5) is 9.71. The highest BCUT2D eigenvalue weighted by atomic mass is 35.5. The number of hydrogen-bond acceptors (Lipinski definition) is 4.